The molecule has 1 heterocycles. The van der Waals surface area contributed by atoms with Crippen LogP contribution >= 0.6 is 0 Å². The van der Waals surface area contributed by atoms with Crippen LogP contribution in [0.25, 0.3) is 5.57 Å². The molecule has 5 nitrogen and oxygen atoms in total. The summed E-state index contributed by atoms with van der Waals surface area (Å²) in [6.07, 6.45) is 0. The van der Waals surface area contributed by atoms with Gasteiger partial charge in [0.2, 0.25) is 0 Å². The van der Waals surface area contributed by atoms with Crippen LogP contribution in [0.15, 0.2) is 85.4 Å². The minimum Gasteiger partial charge on any atom is -0.497 e. The Morgan fingerprint density at radius 3 is 2.06 bits per heavy atom. The van der Waals surface area contributed by atoms with Crippen molar-refractivity contribution in [2.24, 2.45) is 0 Å². The van der Waals surface area contributed by atoms with E-state index in [1.807, 2.05) is 88.7 Å². The molecule has 4 rings (SSSR count). The smallest absolute Gasteiger partial charge is 0.325 e. The van der Waals surface area contributed by atoms with Gasteiger partial charge < -0.3 is 14.4 Å². The van der Waals surface area contributed by atoms with Gasteiger partial charge >= 0.3 is 6.03 Å². The maximum Gasteiger partial charge on any atom is 0.325 e. The van der Waals surface area contributed by atoms with Crippen molar-refractivity contribution >= 4 is 17.3 Å². The second kappa shape index (κ2) is 8.96. The molecule has 1 aliphatic heterocycles. The summed E-state index contributed by atoms with van der Waals surface area (Å²) in [5.41, 5.74) is 3.81. The van der Waals surface area contributed by atoms with E-state index in [9.17, 15) is 4.79 Å². The van der Waals surface area contributed by atoms with Crippen LogP contribution in [0.5, 0.6) is 11.5 Å². The molecule has 1 atom stereocenters. The largest absolute Gasteiger partial charge is 0.497 e. The summed E-state index contributed by atoms with van der Waals surface area (Å²) >= 11 is 0. The first-order valence-electron chi connectivity index (χ1n) is 10.2. The fraction of sp³-hybridized carbons (Fsp3) is 0.192. The average Bonchev–Trinajstić information content (AvgIpc) is 3.15. The minimum absolute atomic E-state index is 0.0262. The van der Waals surface area contributed by atoms with Gasteiger partial charge in [0.1, 0.15) is 11.5 Å². The van der Waals surface area contributed by atoms with Gasteiger partial charge in [-0.3, -0.25) is 4.90 Å². The molecule has 158 valence electrons. The number of nitrogens with zero attached hydrogens (tertiary/aromatic N) is 2. The first kappa shape index (κ1) is 20.5. The van der Waals surface area contributed by atoms with Gasteiger partial charge in [-0.2, -0.15) is 0 Å². The highest BCUT2D eigenvalue weighted by molar-refractivity contribution is 5.98. The Labute approximate surface area is 183 Å². The van der Waals surface area contributed by atoms with Gasteiger partial charge in [0.25, 0.3) is 0 Å². The molecule has 3 aromatic rings. The third kappa shape index (κ3) is 4.26. The molecule has 0 saturated carbocycles. The number of carbonyl (C=O) groups excluding carboxylic acids is 1. The first-order chi connectivity index (χ1) is 15.1. The van der Waals surface area contributed by atoms with E-state index in [0.29, 0.717) is 13.1 Å². The van der Waals surface area contributed by atoms with Crippen LogP contribution < -0.4 is 14.4 Å². The number of carbonyl (C=O) groups is 1. The summed E-state index contributed by atoms with van der Waals surface area (Å²) < 4.78 is 10.5. The third-order valence-corrected chi connectivity index (χ3v) is 5.61. The number of urea groups is 1. The minimum atomic E-state index is -0.165. The maximum atomic E-state index is 13.4. The van der Waals surface area contributed by atoms with E-state index >= 15 is 0 Å². The predicted molar refractivity (Wildman–Crippen MR) is 124 cm³/mol. The molecule has 2 amide bonds. The van der Waals surface area contributed by atoms with Crippen molar-refractivity contribution in [3.8, 4) is 11.5 Å². The van der Waals surface area contributed by atoms with Crippen LogP contribution in [0, 0.1) is 0 Å². The first-order valence-corrected chi connectivity index (χ1v) is 10.2. The van der Waals surface area contributed by atoms with Crippen molar-refractivity contribution in [1.29, 1.82) is 0 Å². The Morgan fingerprint density at radius 1 is 0.903 bits per heavy atom. The van der Waals surface area contributed by atoms with Gasteiger partial charge in [-0.05, 0) is 53.1 Å². The van der Waals surface area contributed by atoms with E-state index in [-0.39, 0.29) is 12.1 Å². The lowest BCUT2D eigenvalue weighted by Gasteiger charge is -2.25. The fourth-order valence-electron chi connectivity index (χ4n) is 3.88. The lowest BCUT2D eigenvalue weighted by Crippen LogP contribution is -2.35. The standard InChI is InChI=1S/C26H26N2O3/c1-19(21-11-15-24(31-3)16-12-21)25-18-27(17-20-9-13-23(30-2)14-10-20)26(29)28(25)22-7-5-4-6-8-22/h4-16,25H,1,17-18H2,2-3H3. The summed E-state index contributed by atoms with van der Waals surface area (Å²) in [5.74, 6) is 1.59. The molecule has 0 aliphatic carbocycles. The number of hydrogen-bond donors (Lipinski definition) is 0. The molecule has 0 radical (unpaired) electrons. The fourth-order valence-corrected chi connectivity index (χ4v) is 3.88. The van der Waals surface area contributed by atoms with Crippen molar-refractivity contribution < 1.29 is 14.3 Å². The van der Waals surface area contributed by atoms with Crippen LogP contribution in [-0.4, -0.2) is 37.7 Å². The summed E-state index contributed by atoms with van der Waals surface area (Å²) in [5, 5.41) is 0. The Kier molecular flexibility index (Phi) is 5.94. The van der Waals surface area contributed by atoms with E-state index in [2.05, 4.69) is 6.58 Å². The second-order valence-electron chi connectivity index (χ2n) is 7.49. The summed E-state index contributed by atoms with van der Waals surface area (Å²) in [6.45, 7) is 5.45. The lowest BCUT2D eigenvalue weighted by molar-refractivity contribution is 0.218. The molecule has 0 N–H and O–H groups in total. The van der Waals surface area contributed by atoms with Gasteiger partial charge in [0.15, 0.2) is 0 Å². The highest BCUT2D eigenvalue weighted by atomic mass is 16.5. The number of anilines is 1. The number of hydrogen-bond acceptors (Lipinski definition) is 3. The topological polar surface area (TPSA) is 42.0 Å². The van der Waals surface area contributed by atoms with Crippen LogP contribution in [0.3, 0.4) is 0 Å². The van der Waals surface area contributed by atoms with E-state index in [0.717, 1.165) is 33.9 Å². The molecule has 1 saturated heterocycles. The Hall–Kier alpha value is -3.73. The summed E-state index contributed by atoms with van der Waals surface area (Å²) in [4.78, 5) is 17.2. The predicted octanol–water partition coefficient (Wildman–Crippen LogP) is 5.23. The van der Waals surface area contributed by atoms with Crippen molar-refractivity contribution in [3.05, 3.63) is 96.6 Å². The molecule has 1 unspecified atom stereocenters. The number of amides is 2. The number of para-hydroxylation sites is 1. The van der Waals surface area contributed by atoms with Gasteiger partial charge in [-0.1, -0.05) is 49.0 Å². The normalized spacial score (nSPS) is 15.8. The monoisotopic (exact) mass is 414 g/mol. The molecule has 0 aromatic heterocycles. The zero-order valence-electron chi connectivity index (χ0n) is 17.8. The van der Waals surface area contributed by atoms with Crippen molar-refractivity contribution in [2.75, 3.05) is 25.7 Å². The number of methoxy groups -OCH3 is 2. The molecule has 1 fully saturated rings. The highest BCUT2D eigenvalue weighted by Crippen LogP contribution is 2.33. The van der Waals surface area contributed by atoms with Crippen LogP contribution in [0.2, 0.25) is 0 Å². The lowest BCUT2D eigenvalue weighted by atomic mass is 9.99. The molecule has 31 heavy (non-hydrogen) atoms. The van der Waals surface area contributed by atoms with E-state index in [4.69, 9.17) is 9.47 Å². The van der Waals surface area contributed by atoms with Crippen molar-refractivity contribution in [3.63, 3.8) is 0 Å². The Morgan fingerprint density at radius 2 is 1.48 bits per heavy atom. The molecule has 5 heteroatoms. The average molecular weight is 415 g/mol. The number of rotatable bonds is 7. The van der Waals surface area contributed by atoms with Crippen molar-refractivity contribution in [2.45, 2.75) is 12.6 Å². The highest BCUT2D eigenvalue weighted by Gasteiger charge is 2.39. The quantitative estimate of drug-likeness (QED) is 0.532. The number of ether oxygens (including phenoxy) is 2. The summed E-state index contributed by atoms with van der Waals surface area (Å²) in [7, 11) is 3.29. The van der Waals surface area contributed by atoms with Crippen LogP contribution in [0.1, 0.15) is 11.1 Å². The van der Waals surface area contributed by atoms with Crippen molar-refractivity contribution in [1.82, 2.24) is 4.90 Å². The van der Waals surface area contributed by atoms with E-state index in [1.54, 1.807) is 14.2 Å². The second-order valence-corrected chi connectivity index (χ2v) is 7.49. The Bertz CT molecular complexity index is 1050. The van der Waals surface area contributed by atoms with E-state index in [1.165, 1.54) is 0 Å². The van der Waals surface area contributed by atoms with E-state index < -0.39 is 0 Å². The molecular formula is C26H26N2O3. The summed E-state index contributed by atoms with van der Waals surface area (Å²) in [6, 6.07) is 25.2. The zero-order valence-corrected chi connectivity index (χ0v) is 17.8. The van der Waals surface area contributed by atoms with Gasteiger partial charge in [0.05, 0.1) is 20.3 Å². The molecular weight excluding hydrogens is 388 g/mol. The molecule has 0 bridgehead atoms. The number of benzene rings is 3. The molecule has 0 spiro atoms. The van der Waals surface area contributed by atoms with Gasteiger partial charge in [0, 0.05) is 18.8 Å². The molecule has 3 aromatic carbocycles. The van der Waals surface area contributed by atoms with Gasteiger partial charge in [-0.25, -0.2) is 4.79 Å². The Balaban J connectivity index is 1.62. The SMILES string of the molecule is C=C(c1ccc(OC)cc1)C1CN(Cc2ccc(OC)cc2)C(=O)N1c1ccccc1. The van der Waals surface area contributed by atoms with Gasteiger partial charge in [-0.15, -0.1) is 0 Å². The zero-order chi connectivity index (χ0) is 21.8. The third-order valence-electron chi connectivity index (χ3n) is 5.61. The molecule has 1 aliphatic rings. The van der Waals surface area contributed by atoms with Crippen LogP contribution in [-0.2, 0) is 6.54 Å². The maximum absolute atomic E-state index is 13.4. The van der Waals surface area contributed by atoms with Crippen LogP contribution in [0.4, 0.5) is 10.5 Å².